The van der Waals surface area contributed by atoms with Gasteiger partial charge in [-0.2, -0.15) is 0 Å². The smallest absolute Gasteiger partial charge is 0.249 e. The number of rotatable bonds is 2. The molecular weight excluding hydrogens is 268 g/mol. The zero-order chi connectivity index (χ0) is 15.0. The molecule has 5 heteroatoms. The lowest BCUT2D eigenvalue weighted by Crippen LogP contribution is -2.70. The zero-order valence-electron chi connectivity index (χ0n) is 13.1. The molecule has 1 N–H and O–H groups in total. The first-order chi connectivity index (χ1) is 10.0. The first-order valence-corrected chi connectivity index (χ1v) is 8.28. The molecule has 3 aliphatic rings. The van der Waals surface area contributed by atoms with Gasteiger partial charge in [0.2, 0.25) is 11.8 Å². The third-order valence-corrected chi connectivity index (χ3v) is 5.55. The number of ether oxygens (including phenoxy) is 1. The van der Waals surface area contributed by atoms with Crippen molar-refractivity contribution in [2.24, 2.45) is 5.92 Å². The van der Waals surface area contributed by atoms with Gasteiger partial charge in [0, 0.05) is 19.1 Å². The first kappa shape index (κ1) is 14.8. The Hall–Kier alpha value is -1.10. The van der Waals surface area contributed by atoms with Crippen molar-refractivity contribution in [1.29, 1.82) is 0 Å². The van der Waals surface area contributed by atoms with E-state index in [1.807, 2.05) is 11.8 Å². The standard InChI is InChI=1S/C16H26N2O3/c1-11-14(19)17-16(7-4-3-5-8-16)15(20)18(11)10-13-6-9-21-12(13)2/h11-13H,3-10H2,1-2H3,(H,17,19). The molecule has 0 aromatic carbocycles. The Morgan fingerprint density at radius 1 is 1.24 bits per heavy atom. The van der Waals surface area contributed by atoms with E-state index in [2.05, 4.69) is 12.2 Å². The quantitative estimate of drug-likeness (QED) is 0.839. The Bertz CT molecular complexity index is 431. The Kier molecular flexibility index (Phi) is 3.95. The molecule has 1 saturated carbocycles. The minimum absolute atomic E-state index is 0.00284. The number of piperazine rings is 1. The first-order valence-electron chi connectivity index (χ1n) is 8.28. The van der Waals surface area contributed by atoms with Crippen LogP contribution in [0, 0.1) is 5.92 Å². The summed E-state index contributed by atoms with van der Waals surface area (Å²) in [6, 6.07) is -0.363. The lowest BCUT2D eigenvalue weighted by atomic mass is 9.78. The third kappa shape index (κ3) is 2.56. The van der Waals surface area contributed by atoms with E-state index in [9.17, 15) is 9.59 Å². The highest BCUT2D eigenvalue weighted by molar-refractivity contribution is 5.99. The molecule has 5 nitrogen and oxygen atoms in total. The second-order valence-corrected chi connectivity index (χ2v) is 6.89. The van der Waals surface area contributed by atoms with Crippen LogP contribution in [0.2, 0.25) is 0 Å². The van der Waals surface area contributed by atoms with Crippen LogP contribution in [-0.2, 0) is 14.3 Å². The monoisotopic (exact) mass is 294 g/mol. The van der Waals surface area contributed by atoms with Crippen LogP contribution >= 0.6 is 0 Å². The molecule has 3 unspecified atom stereocenters. The number of nitrogens with one attached hydrogen (secondary N) is 1. The van der Waals surface area contributed by atoms with Gasteiger partial charge in [-0.3, -0.25) is 9.59 Å². The van der Waals surface area contributed by atoms with Gasteiger partial charge in [0.25, 0.3) is 0 Å². The van der Waals surface area contributed by atoms with Crippen LogP contribution in [0.4, 0.5) is 0 Å². The van der Waals surface area contributed by atoms with Gasteiger partial charge in [-0.05, 0) is 33.1 Å². The van der Waals surface area contributed by atoms with Crippen molar-refractivity contribution < 1.29 is 14.3 Å². The molecular formula is C16H26N2O3. The summed E-state index contributed by atoms with van der Waals surface area (Å²) in [5, 5.41) is 3.04. The fourth-order valence-electron chi connectivity index (χ4n) is 3.99. The van der Waals surface area contributed by atoms with Crippen LogP contribution in [0.1, 0.15) is 52.4 Å². The molecule has 2 aliphatic heterocycles. The number of amides is 2. The largest absolute Gasteiger partial charge is 0.378 e. The van der Waals surface area contributed by atoms with Crippen LogP contribution < -0.4 is 5.32 Å². The van der Waals surface area contributed by atoms with Gasteiger partial charge in [0.1, 0.15) is 11.6 Å². The predicted octanol–water partition coefficient (Wildman–Crippen LogP) is 1.46. The molecule has 0 aromatic rings. The zero-order valence-corrected chi connectivity index (χ0v) is 13.1. The van der Waals surface area contributed by atoms with E-state index in [0.717, 1.165) is 45.1 Å². The molecule has 0 radical (unpaired) electrons. The molecule has 3 fully saturated rings. The van der Waals surface area contributed by atoms with E-state index in [-0.39, 0.29) is 24.0 Å². The van der Waals surface area contributed by atoms with Gasteiger partial charge in [-0.1, -0.05) is 19.3 Å². The maximum Gasteiger partial charge on any atom is 0.249 e. The van der Waals surface area contributed by atoms with Gasteiger partial charge < -0.3 is 15.0 Å². The molecule has 21 heavy (non-hydrogen) atoms. The Labute approximate surface area is 126 Å². The Morgan fingerprint density at radius 3 is 2.57 bits per heavy atom. The highest BCUT2D eigenvalue weighted by Gasteiger charge is 2.50. The molecule has 2 amide bonds. The summed E-state index contributed by atoms with van der Waals surface area (Å²) in [5.41, 5.74) is -0.620. The molecule has 0 aromatic heterocycles. The molecule has 1 spiro atoms. The Balaban J connectivity index is 1.79. The number of hydrogen-bond donors (Lipinski definition) is 1. The van der Waals surface area contributed by atoms with E-state index < -0.39 is 5.54 Å². The van der Waals surface area contributed by atoms with Crippen LogP contribution in [0.15, 0.2) is 0 Å². The van der Waals surface area contributed by atoms with Crippen molar-refractivity contribution in [3.05, 3.63) is 0 Å². The Morgan fingerprint density at radius 2 is 1.95 bits per heavy atom. The number of carbonyl (C=O) groups excluding carboxylic acids is 2. The predicted molar refractivity (Wildman–Crippen MR) is 78.7 cm³/mol. The lowest BCUT2D eigenvalue weighted by molar-refractivity contribution is -0.157. The SMILES string of the molecule is CC1OCCC1CN1C(=O)C2(CCCCC2)NC(=O)C1C. The van der Waals surface area contributed by atoms with E-state index >= 15 is 0 Å². The second kappa shape index (κ2) is 5.59. The van der Waals surface area contributed by atoms with Crippen molar-refractivity contribution in [2.45, 2.75) is 70.1 Å². The van der Waals surface area contributed by atoms with E-state index in [1.165, 1.54) is 0 Å². The van der Waals surface area contributed by atoms with Gasteiger partial charge in [0.15, 0.2) is 0 Å². The summed E-state index contributed by atoms with van der Waals surface area (Å²) in [4.78, 5) is 27.2. The minimum Gasteiger partial charge on any atom is -0.378 e. The average molecular weight is 294 g/mol. The summed E-state index contributed by atoms with van der Waals surface area (Å²) in [6.45, 7) is 5.31. The molecule has 2 heterocycles. The second-order valence-electron chi connectivity index (χ2n) is 6.89. The number of nitrogens with zero attached hydrogens (tertiary/aromatic N) is 1. The fraction of sp³-hybridized carbons (Fsp3) is 0.875. The minimum atomic E-state index is -0.620. The van der Waals surface area contributed by atoms with E-state index in [4.69, 9.17) is 4.74 Å². The highest BCUT2D eigenvalue weighted by Crippen LogP contribution is 2.34. The maximum atomic E-state index is 13.0. The maximum absolute atomic E-state index is 13.0. The normalized spacial score (nSPS) is 36.1. The van der Waals surface area contributed by atoms with Crippen LogP contribution in [-0.4, -0.2) is 47.6 Å². The topological polar surface area (TPSA) is 58.6 Å². The average Bonchev–Trinajstić information content (AvgIpc) is 2.88. The third-order valence-electron chi connectivity index (χ3n) is 5.55. The van der Waals surface area contributed by atoms with Crippen molar-refractivity contribution in [1.82, 2.24) is 10.2 Å². The van der Waals surface area contributed by atoms with Gasteiger partial charge in [-0.25, -0.2) is 0 Å². The van der Waals surface area contributed by atoms with Crippen LogP contribution in [0.5, 0.6) is 0 Å². The highest BCUT2D eigenvalue weighted by atomic mass is 16.5. The van der Waals surface area contributed by atoms with Crippen molar-refractivity contribution in [2.75, 3.05) is 13.2 Å². The van der Waals surface area contributed by atoms with Crippen molar-refractivity contribution in [3.63, 3.8) is 0 Å². The number of carbonyl (C=O) groups is 2. The van der Waals surface area contributed by atoms with Crippen molar-refractivity contribution >= 4 is 11.8 Å². The lowest BCUT2D eigenvalue weighted by Gasteiger charge is -2.47. The van der Waals surface area contributed by atoms with E-state index in [1.54, 1.807) is 0 Å². The molecule has 118 valence electrons. The molecule has 3 rings (SSSR count). The van der Waals surface area contributed by atoms with Gasteiger partial charge in [-0.15, -0.1) is 0 Å². The molecule has 3 atom stereocenters. The fourth-order valence-corrected chi connectivity index (χ4v) is 3.99. The van der Waals surface area contributed by atoms with Crippen LogP contribution in [0.25, 0.3) is 0 Å². The molecule has 0 bridgehead atoms. The van der Waals surface area contributed by atoms with Crippen LogP contribution in [0.3, 0.4) is 0 Å². The molecule has 1 aliphatic carbocycles. The summed E-state index contributed by atoms with van der Waals surface area (Å²) in [7, 11) is 0. The number of hydrogen-bond acceptors (Lipinski definition) is 3. The van der Waals surface area contributed by atoms with Gasteiger partial charge in [0.05, 0.1) is 6.10 Å². The summed E-state index contributed by atoms with van der Waals surface area (Å²) in [6.07, 6.45) is 5.95. The van der Waals surface area contributed by atoms with Gasteiger partial charge >= 0.3 is 0 Å². The summed E-state index contributed by atoms with van der Waals surface area (Å²) in [5.74, 6) is 0.486. The molecule has 2 saturated heterocycles. The summed E-state index contributed by atoms with van der Waals surface area (Å²) >= 11 is 0. The van der Waals surface area contributed by atoms with Crippen molar-refractivity contribution in [3.8, 4) is 0 Å². The van der Waals surface area contributed by atoms with E-state index in [0.29, 0.717) is 12.5 Å². The summed E-state index contributed by atoms with van der Waals surface area (Å²) < 4.78 is 5.60.